The first kappa shape index (κ1) is 21.0. The summed E-state index contributed by atoms with van der Waals surface area (Å²) in [4.78, 5) is 7.32. The molecule has 1 saturated heterocycles. The number of aromatic nitrogens is 1. The fourth-order valence-corrected chi connectivity index (χ4v) is 3.07. The van der Waals surface area contributed by atoms with E-state index in [0.717, 1.165) is 18.2 Å². The summed E-state index contributed by atoms with van der Waals surface area (Å²) in [5.41, 5.74) is 4.47. The molecule has 1 fully saturated rings. The number of pyridine rings is 1. The lowest BCUT2D eigenvalue weighted by Gasteiger charge is -2.36. The van der Waals surface area contributed by atoms with Crippen LogP contribution in [0.25, 0.3) is 0 Å². The standard InChI is InChI=1S/C18H19F6N5/c19-17(20,21)12-3-4-14(25)15(10-12)27-11-28-6-8-29(9-7-28)16-13(18(22,23)24)2-1-5-26-16/h1-5,10,27H,6-9,11,25H2. The molecule has 1 aromatic carbocycles. The van der Waals surface area contributed by atoms with E-state index in [1.165, 1.54) is 18.3 Å². The van der Waals surface area contributed by atoms with Crippen molar-refractivity contribution in [2.45, 2.75) is 12.4 Å². The highest BCUT2D eigenvalue weighted by atomic mass is 19.4. The van der Waals surface area contributed by atoms with Gasteiger partial charge in [0.2, 0.25) is 0 Å². The zero-order valence-electron chi connectivity index (χ0n) is 15.2. The second-order valence-electron chi connectivity index (χ2n) is 6.61. The zero-order valence-corrected chi connectivity index (χ0v) is 15.2. The molecule has 5 nitrogen and oxygen atoms in total. The average molecular weight is 419 g/mol. The second-order valence-corrected chi connectivity index (χ2v) is 6.61. The molecule has 0 aliphatic carbocycles. The smallest absolute Gasteiger partial charge is 0.397 e. The number of nitrogens with zero attached hydrogens (tertiary/aromatic N) is 3. The molecule has 0 atom stereocenters. The van der Waals surface area contributed by atoms with Crippen LogP contribution >= 0.6 is 0 Å². The van der Waals surface area contributed by atoms with Crippen molar-refractivity contribution in [3.63, 3.8) is 0 Å². The van der Waals surface area contributed by atoms with Crippen LogP contribution < -0.4 is 16.0 Å². The summed E-state index contributed by atoms with van der Waals surface area (Å²) in [6.07, 6.45) is -7.66. The van der Waals surface area contributed by atoms with Crippen LogP contribution in [-0.2, 0) is 12.4 Å². The van der Waals surface area contributed by atoms with E-state index in [1.54, 1.807) is 4.90 Å². The Balaban J connectivity index is 1.61. The van der Waals surface area contributed by atoms with Gasteiger partial charge < -0.3 is 16.0 Å². The molecule has 0 radical (unpaired) electrons. The Bertz CT molecular complexity index is 843. The Hall–Kier alpha value is -2.69. The number of anilines is 3. The van der Waals surface area contributed by atoms with Crippen LogP contribution in [0.5, 0.6) is 0 Å². The van der Waals surface area contributed by atoms with E-state index in [-0.39, 0.29) is 23.9 Å². The Labute approximate surface area is 163 Å². The van der Waals surface area contributed by atoms with Gasteiger partial charge in [0.05, 0.1) is 29.2 Å². The maximum Gasteiger partial charge on any atom is 0.419 e. The van der Waals surface area contributed by atoms with Gasteiger partial charge in [0.15, 0.2) is 0 Å². The number of nitrogen functional groups attached to an aromatic ring is 1. The Morgan fingerprint density at radius 1 is 0.966 bits per heavy atom. The van der Waals surface area contributed by atoms with Crippen molar-refractivity contribution >= 4 is 17.2 Å². The lowest BCUT2D eigenvalue weighted by atomic mass is 10.1. The van der Waals surface area contributed by atoms with Crippen molar-refractivity contribution in [3.05, 3.63) is 47.7 Å². The Kier molecular flexibility index (Phi) is 5.78. The zero-order chi connectivity index (χ0) is 21.2. The van der Waals surface area contributed by atoms with Crippen molar-refractivity contribution in [1.29, 1.82) is 0 Å². The molecule has 0 bridgehead atoms. The summed E-state index contributed by atoms with van der Waals surface area (Å²) in [6, 6.07) is 5.26. The third-order valence-electron chi connectivity index (χ3n) is 4.64. The number of alkyl halides is 6. The molecule has 3 N–H and O–H groups in total. The summed E-state index contributed by atoms with van der Waals surface area (Å²) in [6.45, 7) is 1.66. The first-order valence-electron chi connectivity index (χ1n) is 8.76. The van der Waals surface area contributed by atoms with Gasteiger partial charge in [0, 0.05) is 32.4 Å². The molecule has 1 aliphatic rings. The van der Waals surface area contributed by atoms with Crippen LogP contribution in [0.4, 0.5) is 43.5 Å². The van der Waals surface area contributed by atoms with Gasteiger partial charge >= 0.3 is 12.4 Å². The van der Waals surface area contributed by atoms with Crippen LogP contribution in [0.2, 0.25) is 0 Å². The van der Waals surface area contributed by atoms with E-state index in [9.17, 15) is 26.3 Å². The SMILES string of the molecule is Nc1ccc(C(F)(F)F)cc1NCN1CCN(c2ncccc2C(F)(F)F)CC1. The van der Waals surface area contributed by atoms with E-state index in [1.807, 2.05) is 4.90 Å². The van der Waals surface area contributed by atoms with Gasteiger partial charge in [0.25, 0.3) is 0 Å². The van der Waals surface area contributed by atoms with E-state index in [4.69, 9.17) is 5.73 Å². The first-order chi connectivity index (χ1) is 13.6. The maximum atomic E-state index is 13.2. The Morgan fingerprint density at radius 3 is 2.28 bits per heavy atom. The van der Waals surface area contributed by atoms with Crippen molar-refractivity contribution in [3.8, 4) is 0 Å². The van der Waals surface area contributed by atoms with Gasteiger partial charge in [-0.3, -0.25) is 4.90 Å². The first-order valence-corrected chi connectivity index (χ1v) is 8.76. The molecule has 0 amide bonds. The molecule has 0 saturated carbocycles. The van der Waals surface area contributed by atoms with Crippen LogP contribution in [-0.4, -0.2) is 42.7 Å². The minimum Gasteiger partial charge on any atom is -0.397 e. The quantitative estimate of drug-likeness (QED) is 0.582. The van der Waals surface area contributed by atoms with Crippen molar-refractivity contribution in [1.82, 2.24) is 9.88 Å². The van der Waals surface area contributed by atoms with E-state index in [0.29, 0.717) is 26.2 Å². The number of nitrogens with two attached hydrogens (primary N) is 1. The highest BCUT2D eigenvalue weighted by Crippen LogP contribution is 2.35. The molecule has 0 spiro atoms. The van der Waals surface area contributed by atoms with Crippen molar-refractivity contribution in [2.75, 3.05) is 48.8 Å². The summed E-state index contributed by atoms with van der Waals surface area (Å²) >= 11 is 0. The van der Waals surface area contributed by atoms with Gasteiger partial charge in [0.1, 0.15) is 5.82 Å². The van der Waals surface area contributed by atoms with E-state index < -0.39 is 23.5 Å². The summed E-state index contributed by atoms with van der Waals surface area (Å²) in [5, 5.41) is 2.87. The van der Waals surface area contributed by atoms with Crippen LogP contribution in [0.15, 0.2) is 36.5 Å². The number of piperazine rings is 1. The highest BCUT2D eigenvalue weighted by molar-refractivity contribution is 5.67. The molecule has 3 rings (SSSR count). The monoisotopic (exact) mass is 419 g/mol. The van der Waals surface area contributed by atoms with Crippen LogP contribution in [0.1, 0.15) is 11.1 Å². The summed E-state index contributed by atoms with van der Waals surface area (Å²) < 4.78 is 78.0. The molecule has 2 heterocycles. The predicted octanol–water partition coefficient (Wildman–Crippen LogP) is 3.89. The number of rotatable bonds is 4. The fraction of sp³-hybridized carbons (Fsp3) is 0.389. The normalized spacial score (nSPS) is 16.1. The minimum absolute atomic E-state index is 0.116. The van der Waals surface area contributed by atoms with Gasteiger partial charge in [-0.05, 0) is 30.3 Å². The highest BCUT2D eigenvalue weighted by Gasteiger charge is 2.36. The van der Waals surface area contributed by atoms with Gasteiger partial charge in [-0.1, -0.05) is 0 Å². The predicted molar refractivity (Wildman–Crippen MR) is 97.4 cm³/mol. The van der Waals surface area contributed by atoms with Crippen molar-refractivity contribution < 1.29 is 26.3 Å². The van der Waals surface area contributed by atoms with Crippen LogP contribution in [0.3, 0.4) is 0 Å². The van der Waals surface area contributed by atoms with E-state index >= 15 is 0 Å². The average Bonchev–Trinajstić information content (AvgIpc) is 2.66. The van der Waals surface area contributed by atoms with Crippen LogP contribution in [0, 0.1) is 0 Å². The minimum atomic E-state index is -4.50. The van der Waals surface area contributed by atoms with Gasteiger partial charge in [-0.15, -0.1) is 0 Å². The second kappa shape index (κ2) is 7.97. The lowest BCUT2D eigenvalue weighted by molar-refractivity contribution is -0.138. The van der Waals surface area contributed by atoms with Gasteiger partial charge in [-0.2, -0.15) is 26.3 Å². The van der Waals surface area contributed by atoms with Crippen molar-refractivity contribution in [2.24, 2.45) is 0 Å². The van der Waals surface area contributed by atoms with E-state index in [2.05, 4.69) is 10.3 Å². The molecule has 1 aliphatic heterocycles. The number of hydrogen-bond donors (Lipinski definition) is 2. The van der Waals surface area contributed by atoms with Gasteiger partial charge in [-0.25, -0.2) is 4.98 Å². The molecule has 158 valence electrons. The molecule has 2 aromatic rings. The third-order valence-corrected chi connectivity index (χ3v) is 4.64. The largest absolute Gasteiger partial charge is 0.419 e. The fourth-order valence-electron chi connectivity index (χ4n) is 3.07. The number of benzene rings is 1. The molecular weight excluding hydrogens is 400 g/mol. The number of hydrogen-bond acceptors (Lipinski definition) is 5. The molecule has 29 heavy (non-hydrogen) atoms. The topological polar surface area (TPSA) is 57.4 Å². The maximum absolute atomic E-state index is 13.2. The summed E-state index contributed by atoms with van der Waals surface area (Å²) in [7, 11) is 0. The number of nitrogens with one attached hydrogen (secondary N) is 1. The molecule has 11 heteroatoms. The molecule has 0 unspecified atom stereocenters. The Morgan fingerprint density at radius 2 is 1.66 bits per heavy atom. The lowest BCUT2D eigenvalue weighted by Crippen LogP contribution is -2.48. The summed E-state index contributed by atoms with van der Waals surface area (Å²) in [5.74, 6) is -0.116. The third kappa shape index (κ3) is 5.03. The molecular formula is C18H19F6N5. The number of halogens is 6. The molecule has 1 aromatic heterocycles.